The van der Waals surface area contributed by atoms with Gasteiger partial charge in [0.25, 0.3) is 0 Å². The number of nitrogens with zero attached hydrogens (tertiary/aromatic N) is 2. The number of hydrogen-bond acceptors (Lipinski definition) is 2. The first-order valence-electron chi connectivity index (χ1n) is 11.4. The summed E-state index contributed by atoms with van der Waals surface area (Å²) in [6.45, 7) is 0. The van der Waals surface area contributed by atoms with Crippen LogP contribution in [-0.4, -0.2) is 14.8 Å². The predicted molar refractivity (Wildman–Crippen MR) is 138 cm³/mol. The van der Waals surface area contributed by atoms with Crippen molar-refractivity contribution in [2.24, 2.45) is 0 Å². The Bertz CT molecular complexity index is 1350. The van der Waals surface area contributed by atoms with Crippen molar-refractivity contribution in [3.05, 3.63) is 126 Å². The van der Waals surface area contributed by atoms with Crippen LogP contribution in [0, 0.1) is 0 Å². The predicted octanol–water partition coefficient (Wildman–Crippen LogP) is 7.47. The molecule has 160 valence electrons. The van der Waals surface area contributed by atoms with E-state index in [0.29, 0.717) is 5.25 Å². The van der Waals surface area contributed by atoms with Crippen LogP contribution in [0.5, 0.6) is 0 Å². The normalized spacial score (nSPS) is 13.2. The molecule has 1 aliphatic rings. The van der Waals surface area contributed by atoms with E-state index in [1.165, 1.54) is 16.7 Å². The van der Waals surface area contributed by atoms with Crippen LogP contribution in [-0.2, 0) is 12.8 Å². The summed E-state index contributed by atoms with van der Waals surface area (Å²) < 4.78 is 2.35. The number of para-hydroxylation sites is 1. The van der Waals surface area contributed by atoms with Gasteiger partial charge in [-0.1, -0.05) is 115 Å². The van der Waals surface area contributed by atoms with Gasteiger partial charge in [-0.2, -0.15) is 0 Å². The average molecular weight is 445 g/mol. The average Bonchev–Trinajstić information content (AvgIpc) is 3.47. The van der Waals surface area contributed by atoms with E-state index in [1.807, 2.05) is 11.8 Å². The number of aromatic nitrogens is 2. The number of fused-ring (bicyclic) bond motifs is 1. The van der Waals surface area contributed by atoms with E-state index in [9.17, 15) is 0 Å². The third kappa shape index (κ3) is 3.90. The van der Waals surface area contributed by atoms with Crippen molar-refractivity contribution in [3.63, 3.8) is 0 Å². The van der Waals surface area contributed by atoms with E-state index in [2.05, 4.69) is 120 Å². The molecule has 0 saturated carbocycles. The Labute approximate surface area is 199 Å². The smallest absolute Gasteiger partial charge is 0.174 e. The molecule has 0 bridgehead atoms. The third-order valence-electron chi connectivity index (χ3n) is 6.24. The van der Waals surface area contributed by atoms with Gasteiger partial charge in [0, 0.05) is 22.1 Å². The second-order valence-electron chi connectivity index (χ2n) is 8.41. The second kappa shape index (κ2) is 8.76. The van der Waals surface area contributed by atoms with Crippen LogP contribution in [0.2, 0.25) is 0 Å². The molecule has 1 heterocycles. The van der Waals surface area contributed by atoms with Crippen molar-refractivity contribution in [2.45, 2.75) is 23.2 Å². The first-order valence-corrected chi connectivity index (χ1v) is 12.3. The van der Waals surface area contributed by atoms with Gasteiger partial charge in [0.2, 0.25) is 0 Å². The Morgan fingerprint density at radius 2 is 1.12 bits per heavy atom. The quantitative estimate of drug-likeness (QED) is 0.280. The molecular weight excluding hydrogens is 420 g/mol. The van der Waals surface area contributed by atoms with Crippen LogP contribution >= 0.6 is 11.8 Å². The van der Waals surface area contributed by atoms with E-state index < -0.39 is 0 Å². The Morgan fingerprint density at radius 1 is 0.606 bits per heavy atom. The molecule has 33 heavy (non-hydrogen) atoms. The highest BCUT2D eigenvalue weighted by molar-refractivity contribution is 7.99. The molecule has 0 N–H and O–H groups in total. The summed E-state index contributed by atoms with van der Waals surface area (Å²) in [6.07, 6.45) is 2.17. The zero-order valence-corrected chi connectivity index (χ0v) is 19.1. The molecule has 0 atom stereocenters. The number of hydrogen-bond donors (Lipinski definition) is 0. The lowest BCUT2D eigenvalue weighted by Crippen LogP contribution is -2.05. The minimum Gasteiger partial charge on any atom is -0.287 e. The van der Waals surface area contributed by atoms with Gasteiger partial charge in [0.05, 0.1) is 11.4 Å². The number of thioether (sulfide) groups is 1. The Hall–Kier alpha value is -3.56. The molecule has 0 radical (unpaired) electrons. The SMILES string of the molecule is c1ccc(-c2nc(SC3Cc4ccccc4C3)n(-c3ccccc3)c2-c2ccccc2)cc1. The second-order valence-corrected chi connectivity index (χ2v) is 9.68. The summed E-state index contributed by atoms with van der Waals surface area (Å²) in [5, 5.41) is 1.54. The molecule has 0 aliphatic heterocycles. The Morgan fingerprint density at radius 3 is 1.73 bits per heavy atom. The van der Waals surface area contributed by atoms with Gasteiger partial charge >= 0.3 is 0 Å². The summed E-state index contributed by atoms with van der Waals surface area (Å²) in [7, 11) is 0. The van der Waals surface area contributed by atoms with Crippen LogP contribution in [0.1, 0.15) is 11.1 Å². The van der Waals surface area contributed by atoms with Crippen molar-refractivity contribution in [2.75, 3.05) is 0 Å². The van der Waals surface area contributed by atoms with Gasteiger partial charge in [-0.15, -0.1) is 0 Å². The molecule has 1 aliphatic carbocycles. The van der Waals surface area contributed by atoms with Crippen LogP contribution in [0.15, 0.2) is 120 Å². The van der Waals surface area contributed by atoms with Gasteiger partial charge in [-0.05, 0) is 36.1 Å². The van der Waals surface area contributed by atoms with Crippen molar-refractivity contribution >= 4 is 11.8 Å². The highest BCUT2D eigenvalue weighted by Crippen LogP contribution is 2.41. The van der Waals surface area contributed by atoms with E-state index >= 15 is 0 Å². The van der Waals surface area contributed by atoms with Gasteiger partial charge in [-0.25, -0.2) is 4.98 Å². The van der Waals surface area contributed by atoms with Crippen molar-refractivity contribution in [1.29, 1.82) is 0 Å². The minimum atomic E-state index is 0.486. The lowest BCUT2D eigenvalue weighted by Gasteiger charge is -2.15. The molecule has 4 aromatic carbocycles. The lowest BCUT2D eigenvalue weighted by atomic mass is 10.0. The number of rotatable bonds is 5. The van der Waals surface area contributed by atoms with E-state index in [1.54, 1.807) is 0 Å². The fraction of sp³-hybridized carbons (Fsp3) is 0.100. The molecule has 0 amide bonds. The molecule has 0 fully saturated rings. The van der Waals surface area contributed by atoms with Crippen LogP contribution in [0.3, 0.4) is 0 Å². The lowest BCUT2D eigenvalue weighted by molar-refractivity contribution is 0.871. The first-order chi connectivity index (χ1) is 16.4. The highest BCUT2D eigenvalue weighted by atomic mass is 32.2. The maximum atomic E-state index is 5.29. The molecule has 0 unspecified atom stereocenters. The summed E-state index contributed by atoms with van der Waals surface area (Å²) in [5.41, 5.74) is 8.58. The maximum absolute atomic E-state index is 5.29. The van der Waals surface area contributed by atoms with Gasteiger partial charge in [0.15, 0.2) is 5.16 Å². The zero-order chi connectivity index (χ0) is 22.0. The van der Waals surface area contributed by atoms with E-state index in [4.69, 9.17) is 4.98 Å². The fourth-order valence-corrected chi connectivity index (χ4v) is 5.98. The van der Waals surface area contributed by atoms with Crippen molar-refractivity contribution in [1.82, 2.24) is 9.55 Å². The first kappa shape index (κ1) is 20.1. The molecule has 0 saturated heterocycles. The van der Waals surface area contributed by atoms with Gasteiger partial charge in [0.1, 0.15) is 0 Å². The summed E-state index contributed by atoms with van der Waals surface area (Å²) in [4.78, 5) is 5.29. The minimum absolute atomic E-state index is 0.486. The Balaban J connectivity index is 1.52. The molecular formula is C30H24N2S. The van der Waals surface area contributed by atoms with Crippen LogP contribution in [0.4, 0.5) is 0 Å². The highest BCUT2D eigenvalue weighted by Gasteiger charge is 2.27. The Kier molecular flexibility index (Phi) is 5.33. The zero-order valence-electron chi connectivity index (χ0n) is 18.3. The summed E-state index contributed by atoms with van der Waals surface area (Å²) >= 11 is 1.91. The third-order valence-corrected chi connectivity index (χ3v) is 7.39. The molecule has 5 aromatic rings. The van der Waals surface area contributed by atoms with Gasteiger partial charge in [-0.3, -0.25) is 4.57 Å². The number of imidazole rings is 1. The van der Waals surface area contributed by atoms with Crippen LogP contribution < -0.4 is 0 Å². The van der Waals surface area contributed by atoms with Crippen molar-refractivity contribution in [3.8, 4) is 28.2 Å². The van der Waals surface area contributed by atoms with Crippen molar-refractivity contribution < 1.29 is 0 Å². The monoisotopic (exact) mass is 444 g/mol. The summed E-state index contributed by atoms with van der Waals surface area (Å²) in [5.74, 6) is 0. The molecule has 3 heteroatoms. The number of benzene rings is 4. The maximum Gasteiger partial charge on any atom is 0.174 e. The van der Waals surface area contributed by atoms with Gasteiger partial charge < -0.3 is 0 Å². The standard InChI is InChI=1S/C30H24N2S/c1-4-12-22(13-5-1)28-29(23-14-6-2-7-15-23)32(26-18-8-3-9-19-26)30(31-28)33-27-20-24-16-10-11-17-25(24)21-27/h1-19,27H,20-21H2. The fourth-order valence-electron chi connectivity index (χ4n) is 4.71. The largest absolute Gasteiger partial charge is 0.287 e. The topological polar surface area (TPSA) is 17.8 Å². The van der Waals surface area contributed by atoms with E-state index in [-0.39, 0.29) is 0 Å². The molecule has 6 rings (SSSR count). The molecule has 0 spiro atoms. The van der Waals surface area contributed by atoms with E-state index in [0.717, 1.165) is 40.6 Å². The molecule has 2 nitrogen and oxygen atoms in total. The van der Waals surface area contributed by atoms with Crippen LogP contribution in [0.25, 0.3) is 28.2 Å². The molecule has 1 aromatic heterocycles. The summed E-state index contributed by atoms with van der Waals surface area (Å²) in [6, 6.07) is 40.7.